The number of carbonyl (C=O) groups is 1. The molecule has 1 fully saturated rings. The van der Waals surface area contributed by atoms with Gasteiger partial charge in [0.05, 0.1) is 14.2 Å². The lowest BCUT2D eigenvalue weighted by Crippen LogP contribution is -2.34. The molecule has 0 radical (unpaired) electrons. The van der Waals surface area contributed by atoms with Crippen molar-refractivity contribution in [3.05, 3.63) is 23.3 Å². The highest BCUT2D eigenvalue weighted by atomic mass is 16.6. The fraction of sp³-hybridized carbons (Fsp3) is 0.562. The van der Waals surface area contributed by atoms with Gasteiger partial charge in [-0.3, -0.25) is 5.32 Å². The first-order valence-corrected chi connectivity index (χ1v) is 7.46. The predicted octanol–water partition coefficient (Wildman–Crippen LogP) is 2.80. The van der Waals surface area contributed by atoms with E-state index in [9.17, 15) is 4.79 Å². The first kappa shape index (κ1) is 14.2. The summed E-state index contributed by atoms with van der Waals surface area (Å²) in [5, 5.41) is 3.45. The molecule has 1 atom stereocenters. The van der Waals surface area contributed by atoms with Crippen molar-refractivity contribution in [3.8, 4) is 11.5 Å². The monoisotopic (exact) mass is 291 g/mol. The molecular weight excluding hydrogens is 270 g/mol. The molecule has 0 saturated heterocycles. The number of hydrogen-bond donors (Lipinski definition) is 1. The van der Waals surface area contributed by atoms with Crippen LogP contribution in [0.5, 0.6) is 11.5 Å². The number of esters is 1. The fourth-order valence-corrected chi connectivity index (χ4v) is 3.21. The Morgan fingerprint density at radius 3 is 2.57 bits per heavy atom. The Morgan fingerprint density at radius 2 is 1.90 bits per heavy atom. The Labute approximate surface area is 124 Å². The van der Waals surface area contributed by atoms with Gasteiger partial charge in [0.1, 0.15) is 5.56 Å². The molecule has 1 N–H and O–H groups in total. The first-order valence-electron chi connectivity index (χ1n) is 7.46. The number of ether oxygens (including phenoxy) is 3. The van der Waals surface area contributed by atoms with Gasteiger partial charge < -0.3 is 14.2 Å². The van der Waals surface area contributed by atoms with E-state index in [-0.39, 0.29) is 12.2 Å². The Hall–Kier alpha value is -1.75. The zero-order valence-corrected chi connectivity index (χ0v) is 12.5. The molecule has 2 aliphatic rings. The molecule has 1 aliphatic heterocycles. The molecule has 5 heteroatoms. The van der Waals surface area contributed by atoms with Crippen LogP contribution in [0.1, 0.15) is 54.3 Å². The standard InChI is InChI=1S/C16H21NO4/c1-19-12-9-8-11-13(14(12)20-2)16(18)21-15(11)17-10-6-4-3-5-7-10/h8-10,15,17H,3-7H2,1-2H3. The lowest BCUT2D eigenvalue weighted by atomic mass is 9.95. The van der Waals surface area contributed by atoms with E-state index in [1.807, 2.05) is 12.1 Å². The highest BCUT2D eigenvalue weighted by Crippen LogP contribution is 2.41. The molecule has 3 rings (SSSR count). The molecule has 1 unspecified atom stereocenters. The van der Waals surface area contributed by atoms with Crippen molar-refractivity contribution in [2.45, 2.75) is 44.4 Å². The predicted molar refractivity (Wildman–Crippen MR) is 77.7 cm³/mol. The van der Waals surface area contributed by atoms with Crippen LogP contribution in [0.4, 0.5) is 0 Å². The molecule has 0 bridgehead atoms. The average Bonchev–Trinajstić information content (AvgIpc) is 2.83. The van der Waals surface area contributed by atoms with Crippen molar-refractivity contribution in [1.29, 1.82) is 0 Å². The minimum absolute atomic E-state index is 0.353. The Balaban J connectivity index is 1.87. The van der Waals surface area contributed by atoms with Crippen LogP contribution in [0, 0.1) is 0 Å². The quantitative estimate of drug-likeness (QED) is 0.864. The minimum atomic E-state index is -0.379. The number of cyclic esters (lactones) is 1. The van der Waals surface area contributed by atoms with Gasteiger partial charge in [0, 0.05) is 11.6 Å². The SMILES string of the molecule is COc1ccc2c(c1OC)C(=O)OC2NC1CCCCC1. The number of methoxy groups -OCH3 is 2. The van der Waals surface area contributed by atoms with E-state index in [0.717, 1.165) is 18.4 Å². The van der Waals surface area contributed by atoms with Crippen molar-refractivity contribution in [2.75, 3.05) is 14.2 Å². The lowest BCUT2D eigenvalue weighted by molar-refractivity contribution is 0.0260. The van der Waals surface area contributed by atoms with Crippen LogP contribution in [0.25, 0.3) is 0 Å². The Kier molecular flexibility index (Phi) is 4.01. The van der Waals surface area contributed by atoms with Crippen LogP contribution in [0.2, 0.25) is 0 Å². The van der Waals surface area contributed by atoms with E-state index in [1.165, 1.54) is 26.4 Å². The molecule has 21 heavy (non-hydrogen) atoms. The highest BCUT2D eigenvalue weighted by molar-refractivity contribution is 5.98. The number of rotatable bonds is 4. The van der Waals surface area contributed by atoms with Gasteiger partial charge in [-0.1, -0.05) is 19.3 Å². The second-order valence-electron chi connectivity index (χ2n) is 5.55. The summed E-state index contributed by atoms with van der Waals surface area (Å²) >= 11 is 0. The maximum Gasteiger partial charge on any atom is 0.344 e. The third kappa shape index (κ3) is 2.58. The van der Waals surface area contributed by atoms with Crippen LogP contribution in [-0.4, -0.2) is 26.2 Å². The third-order valence-corrected chi connectivity index (χ3v) is 4.28. The van der Waals surface area contributed by atoms with Crippen LogP contribution >= 0.6 is 0 Å². The fourth-order valence-electron chi connectivity index (χ4n) is 3.21. The minimum Gasteiger partial charge on any atom is -0.493 e. The summed E-state index contributed by atoms with van der Waals surface area (Å²) in [4.78, 5) is 12.2. The van der Waals surface area contributed by atoms with Gasteiger partial charge in [-0.15, -0.1) is 0 Å². The highest BCUT2D eigenvalue weighted by Gasteiger charge is 2.36. The Morgan fingerprint density at radius 1 is 1.14 bits per heavy atom. The lowest BCUT2D eigenvalue weighted by Gasteiger charge is -2.26. The summed E-state index contributed by atoms with van der Waals surface area (Å²) in [5.74, 6) is 0.647. The summed E-state index contributed by atoms with van der Waals surface area (Å²) in [6, 6.07) is 4.10. The largest absolute Gasteiger partial charge is 0.493 e. The normalized spacial score (nSPS) is 21.8. The number of carbonyl (C=O) groups excluding carboxylic acids is 1. The second-order valence-corrected chi connectivity index (χ2v) is 5.55. The molecule has 1 aromatic carbocycles. The Bertz CT molecular complexity index is 537. The molecule has 0 spiro atoms. The topological polar surface area (TPSA) is 56.8 Å². The summed E-state index contributed by atoms with van der Waals surface area (Å²) in [5.41, 5.74) is 1.31. The average molecular weight is 291 g/mol. The summed E-state index contributed by atoms with van der Waals surface area (Å²) in [6.45, 7) is 0. The van der Waals surface area contributed by atoms with E-state index >= 15 is 0 Å². The van der Waals surface area contributed by atoms with E-state index < -0.39 is 0 Å². The van der Waals surface area contributed by atoms with Gasteiger partial charge in [-0.05, 0) is 25.0 Å². The van der Waals surface area contributed by atoms with E-state index in [2.05, 4.69) is 5.32 Å². The number of benzene rings is 1. The summed E-state index contributed by atoms with van der Waals surface area (Å²) in [6.07, 6.45) is 5.65. The third-order valence-electron chi connectivity index (χ3n) is 4.28. The first-order chi connectivity index (χ1) is 10.2. The van der Waals surface area contributed by atoms with Gasteiger partial charge in [-0.2, -0.15) is 0 Å². The summed E-state index contributed by atoms with van der Waals surface area (Å²) in [7, 11) is 3.09. The molecule has 0 aromatic heterocycles. The molecule has 1 heterocycles. The molecule has 114 valence electrons. The molecule has 1 aromatic rings. The smallest absolute Gasteiger partial charge is 0.344 e. The number of fused-ring (bicyclic) bond motifs is 1. The zero-order valence-electron chi connectivity index (χ0n) is 12.5. The molecule has 1 saturated carbocycles. The number of hydrogen-bond acceptors (Lipinski definition) is 5. The molecule has 0 amide bonds. The van der Waals surface area contributed by atoms with Crippen molar-refractivity contribution in [1.82, 2.24) is 5.32 Å². The van der Waals surface area contributed by atoms with Gasteiger partial charge in [-0.25, -0.2) is 4.79 Å². The van der Waals surface area contributed by atoms with Crippen molar-refractivity contribution < 1.29 is 19.0 Å². The van der Waals surface area contributed by atoms with Crippen LogP contribution in [0.15, 0.2) is 12.1 Å². The summed E-state index contributed by atoms with van der Waals surface area (Å²) < 4.78 is 16.1. The van der Waals surface area contributed by atoms with E-state index in [0.29, 0.717) is 23.1 Å². The molecule has 5 nitrogen and oxygen atoms in total. The maximum atomic E-state index is 12.2. The van der Waals surface area contributed by atoms with Gasteiger partial charge in [0.15, 0.2) is 17.7 Å². The van der Waals surface area contributed by atoms with Gasteiger partial charge >= 0.3 is 5.97 Å². The zero-order chi connectivity index (χ0) is 14.8. The van der Waals surface area contributed by atoms with Crippen LogP contribution in [-0.2, 0) is 4.74 Å². The van der Waals surface area contributed by atoms with Crippen LogP contribution in [0.3, 0.4) is 0 Å². The van der Waals surface area contributed by atoms with Gasteiger partial charge in [0.2, 0.25) is 0 Å². The maximum absolute atomic E-state index is 12.2. The number of nitrogens with one attached hydrogen (secondary N) is 1. The van der Waals surface area contributed by atoms with Crippen LogP contribution < -0.4 is 14.8 Å². The van der Waals surface area contributed by atoms with E-state index in [1.54, 1.807) is 7.11 Å². The van der Waals surface area contributed by atoms with Gasteiger partial charge in [0.25, 0.3) is 0 Å². The van der Waals surface area contributed by atoms with E-state index in [4.69, 9.17) is 14.2 Å². The second kappa shape index (κ2) is 5.93. The van der Waals surface area contributed by atoms with Crippen molar-refractivity contribution in [3.63, 3.8) is 0 Å². The molecular formula is C16H21NO4. The van der Waals surface area contributed by atoms with Crippen molar-refractivity contribution >= 4 is 5.97 Å². The van der Waals surface area contributed by atoms with Crippen molar-refractivity contribution in [2.24, 2.45) is 0 Å². The molecule has 1 aliphatic carbocycles.